The molecule has 0 aliphatic carbocycles. The van der Waals surface area contributed by atoms with E-state index < -0.39 is 17.6 Å². The second kappa shape index (κ2) is 7.79. The van der Waals surface area contributed by atoms with Gasteiger partial charge < -0.3 is 5.32 Å². The van der Waals surface area contributed by atoms with Gasteiger partial charge in [-0.25, -0.2) is 9.67 Å². The Labute approximate surface area is 157 Å². The van der Waals surface area contributed by atoms with Crippen LogP contribution in [0.15, 0.2) is 55.1 Å². The van der Waals surface area contributed by atoms with Crippen molar-refractivity contribution in [1.82, 2.24) is 14.8 Å². The second-order valence-corrected chi connectivity index (χ2v) is 6.18. The molecule has 0 aliphatic heterocycles. The number of rotatable bonds is 5. The van der Waals surface area contributed by atoms with E-state index in [2.05, 4.69) is 15.4 Å². The Morgan fingerprint density at radius 3 is 2.52 bits per heavy atom. The van der Waals surface area contributed by atoms with Crippen LogP contribution in [0, 0.1) is 0 Å². The number of nitrogens with one attached hydrogen (secondary N) is 1. The van der Waals surface area contributed by atoms with Gasteiger partial charge in [0.1, 0.15) is 12.7 Å². The third kappa shape index (κ3) is 4.85. The van der Waals surface area contributed by atoms with Crippen molar-refractivity contribution < 1.29 is 18.0 Å². The van der Waals surface area contributed by atoms with Crippen molar-refractivity contribution >= 4 is 23.2 Å². The summed E-state index contributed by atoms with van der Waals surface area (Å²) >= 11 is 5.82. The zero-order chi connectivity index (χ0) is 19.4. The zero-order valence-electron chi connectivity index (χ0n) is 13.9. The summed E-state index contributed by atoms with van der Waals surface area (Å²) in [7, 11) is 0. The molecule has 3 rings (SSSR count). The minimum Gasteiger partial charge on any atom is -0.324 e. The lowest BCUT2D eigenvalue weighted by Gasteiger charge is -2.14. The van der Waals surface area contributed by atoms with E-state index in [0.717, 1.165) is 17.7 Å². The third-order valence-electron chi connectivity index (χ3n) is 3.82. The average molecular weight is 395 g/mol. The van der Waals surface area contributed by atoms with Gasteiger partial charge in [0.2, 0.25) is 5.91 Å². The van der Waals surface area contributed by atoms with Gasteiger partial charge >= 0.3 is 6.18 Å². The molecule has 27 heavy (non-hydrogen) atoms. The monoisotopic (exact) mass is 394 g/mol. The van der Waals surface area contributed by atoms with Gasteiger partial charge in [0.25, 0.3) is 0 Å². The summed E-state index contributed by atoms with van der Waals surface area (Å²) < 4.78 is 40.4. The van der Waals surface area contributed by atoms with Crippen molar-refractivity contribution in [2.45, 2.75) is 19.0 Å². The van der Waals surface area contributed by atoms with Gasteiger partial charge in [-0.2, -0.15) is 18.3 Å². The number of hydrogen-bond donors (Lipinski definition) is 1. The summed E-state index contributed by atoms with van der Waals surface area (Å²) in [5, 5.41) is 7.04. The molecule has 0 spiro atoms. The maximum absolute atomic E-state index is 13.0. The number of aryl methyl sites for hydroxylation is 1. The molecule has 0 atom stereocenters. The highest BCUT2D eigenvalue weighted by molar-refractivity contribution is 6.30. The molecule has 0 bridgehead atoms. The third-order valence-corrected chi connectivity index (χ3v) is 4.07. The molecular formula is C18H14ClF3N4O. The number of alkyl halides is 3. The smallest absolute Gasteiger partial charge is 0.324 e. The van der Waals surface area contributed by atoms with Crippen LogP contribution in [-0.2, 0) is 17.4 Å². The maximum atomic E-state index is 13.0. The van der Waals surface area contributed by atoms with Crippen LogP contribution in [0.1, 0.15) is 17.5 Å². The number of halogens is 4. The molecule has 0 radical (unpaired) electrons. The quantitative estimate of drug-likeness (QED) is 0.692. The van der Waals surface area contributed by atoms with Crippen molar-refractivity contribution in [3.8, 4) is 5.69 Å². The van der Waals surface area contributed by atoms with Crippen LogP contribution < -0.4 is 5.32 Å². The normalized spacial score (nSPS) is 11.4. The number of aromatic nitrogens is 3. The van der Waals surface area contributed by atoms with Crippen molar-refractivity contribution in [1.29, 1.82) is 0 Å². The topological polar surface area (TPSA) is 59.8 Å². The van der Waals surface area contributed by atoms with Crippen LogP contribution in [0.5, 0.6) is 0 Å². The van der Waals surface area contributed by atoms with E-state index in [1.807, 2.05) is 0 Å². The van der Waals surface area contributed by atoms with Gasteiger partial charge in [-0.15, -0.1) is 0 Å². The summed E-state index contributed by atoms with van der Waals surface area (Å²) in [5.41, 5.74) is 0.339. The van der Waals surface area contributed by atoms with E-state index in [1.54, 1.807) is 24.3 Å². The maximum Gasteiger partial charge on any atom is 0.416 e. The molecule has 0 fully saturated rings. The van der Waals surface area contributed by atoms with E-state index in [0.29, 0.717) is 17.1 Å². The standard InChI is InChI=1S/C18H14ClF3N4O/c19-14-5-1-12(2-6-14)3-8-17(27)25-15-9-13(18(20,21)22)4-7-16(15)26-11-23-10-24-26/h1-2,4-7,9-11H,3,8H2,(H,25,27). The predicted molar refractivity (Wildman–Crippen MR) is 94.8 cm³/mol. The molecule has 1 aromatic heterocycles. The minimum absolute atomic E-state index is 0.0106. The first-order valence-corrected chi connectivity index (χ1v) is 8.31. The van der Waals surface area contributed by atoms with E-state index in [4.69, 9.17) is 11.6 Å². The van der Waals surface area contributed by atoms with Crippen LogP contribution in [0.25, 0.3) is 5.69 Å². The number of carbonyl (C=O) groups excluding carboxylic acids is 1. The molecule has 1 heterocycles. The lowest BCUT2D eigenvalue weighted by molar-refractivity contribution is -0.137. The fraction of sp³-hybridized carbons (Fsp3) is 0.167. The first-order chi connectivity index (χ1) is 12.8. The SMILES string of the molecule is O=C(CCc1ccc(Cl)cc1)Nc1cc(C(F)(F)F)ccc1-n1cncn1. The first-order valence-electron chi connectivity index (χ1n) is 7.93. The predicted octanol–water partition coefficient (Wildman–Crippen LogP) is 4.51. The van der Waals surface area contributed by atoms with Gasteiger partial charge in [0.05, 0.1) is 16.9 Å². The Morgan fingerprint density at radius 2 is 1.89 bits per heavy atom. The highest BCUT2D eigenvalue weighted by atomic mass is 35.5. The molecule has 9 heteroatoms. The molecule has 1 N–H and O–H groups in total. The van der Waals surface area contributed by atoms with Crippen LogP contribution in [0.4, 0.5) is 18.9 Å². The number of hydrogen-bond acceptors (Lipinski definition) is 3. The molecule has 2 aromatic carbocycles. The number of carbonyl (C=O) groups is 1. The average Bonchev–Trinajstić information content (AvgIpc) is 3.15. The van der Waals surface area contributed by atoms with Crippen LogP contribution >= 0.6 is 11.6 Å². The van der Waals surface area contributed by atoms with Crippen molar-refractivity contribution in [3.63, 3.8) is 0 Å². The Balaban J connectivity index is 1.79. The number of benzene rings is 2. The Bertz CT molecular complexity index is 925. The Kier molecular flexibility index (Phi) is 5.46. The van der Waals surface area contributed by atoms with Gasteiger partial charge in [0, 0.05) is 11.4 Å². The van der Waals surface area contributed by atoms with Gasteiger partial charge in [0.15, 0.2) is 0 Å². The van der Waals surface area contributed by atoms with E-state index in [-0.39, 0.29) is 12.1 Å². The molecule has 5 nitrogen and oxygen atoms in total. The Morgan fingerprint density at radius 1 is 1.15 bits per heavy atom. The molecule has 0 aliphatic rings. The summed E-state index contributed by atoms with van der Waals surface area (Å²) in [4.78, 5) is 16.1. The second-order valence-electron chi connectivity index (χ2n) is 5.74. The van der Waals surface area contributed by atoms with E-state index >= 15 is 0 Å². The fourth-order valence-electron chi connectivity index (χ4n) is 2.47. The summed E-state index contributed by atoms with van der Waals surface area (Å²) in [6.45, 7) is 0. The molecule has 0 saturated carbocycles. The van der Waals surface area contributed by atoms with Crippen LogP contribution in [0.3, 0.4) is 0 Å². The van der Waals surface area contributed by atoms with Gasteiger partial charge in [-0.05, 0) is 42.3 Å². The lowest BCUT2D eigenvalue weighted by atomic mass is 10.1. The Hall–Kier alpha value is -2.87. The minimum atomic E-state index is -4.52. The largest absolute Gasteiger partial charge is 0.416 e. The summed E-state index contributed by atoms with van der Waals surface area (Å²) in [6, 6.07) is 10.1. The number of amides is 1. The number of nitrogens with zero attached hydrogens (tertiary/aromatic N) is 3. The fourth-order valence-corrected chi connectivity index (χ4v) is 2.59. The van der Waals surface area contributed by atoms with Crippen LogP contribution in [0.2, 0.25) is 5.02 Å². The highest BCUT2D eigenvalue weighted by Gasteiger charge is 2.31. The first kappa shape index (κ1) is 18.9. The molecule has 3 aromatic rings. The number of anilines is 1. The lowest BCUT2D eigenvalue weighted by Crippen LogP contribution is -2.16. The molecule has 0 saturated heterocycles. The summed E-state index contributed by atoms with van der Waals surface area (Å²) in [6.07, 6.45) is -1.39. The van der Waals surface area contributed by atoms with Gasteiger partial charge in [-0.3, -0.25) is 4.79 Å². The van der Waals surface area contributed by atoms with Crippen molar-refractivity contribution in [3.05, 3.63) is 71.3 Å². The zero-order valence-corrected chi connectivity index (χ0v) is 14.6. The molecule has 140 valence electrons. The van der Waals surface area contributed by atoms with Crippen LogP contribution in [-0.4, -0.2) is 20.7 Å². The summed E-state index contributed by atoms with van der Waals surface area (Å²) in [5.74, 6) is -0.411. The van der Waals surface area contributed by atoms with E-state index in [1.165, 1.54) is 23.4 Å². The van der Waals surface area contributed by atoms with E-state index in [9.17, 15) is 18.0 Å². The molecule has 1 amide bonds. The molecular weight excluding hydrogens is 381 g/mol. The molecule has 0 unspecified atom stereocenters. The van der Waals surface area contributed by atoms with Crippen molar-refractivity contribution in [2.24, 2.45) is 0 Å². The van der Waals surface area contributed by atoms with Crippen molar-refractivity contribution in [2.75, 3.05) is 5.32 Å². The van der Waals surface area contributed by atoms with Gasteiger partial charge in [-0.1, -0.05) is 23.7 Å². The highest BCUT2D eigenvalue weighted by Crippen LogP contribution is 2.33.